The summed E-state index contributed by atoms with van der Waals surface area (Å²) in [4.78, 5) is 0. The largest absolute Gasteiger partial charge is 0.0776 e. The molecule has 1 rings (SSSR count). The maximum Gasteiger partial charge on any atom is -0.0307 e. The standard InChI is InChI=1S/C9H20.C8H10.CH4/c1-4-6-8-9(3)7-5-2;1-2-8-6-4-3-5-7-8;/h9H,4-8H2,1-3H3;3-7H,2H2,1H3;1H4. The molecule has 1 aromatic rings. The first-order valence-corrected chi connectivity index (χ1v) is 7.28. The van der Waals surface area contributed by atoms with Crippen LogP contribution >= 0.6 is 0 Å². The van der Waals surface area contributed by atoms with Crippen LogP contribution in [0.5, 0.6) is 0 Å². The number of unbranched alkanes of at least 4 members (excludes halogenated alkanes) is 1. The molecule has 18 heavy (non-hydrogen) atoms. The fourth-order valence-electron chi connectivity index (χ4n) is 1.90. The van der Waals surface area contributed by atoms with Crippen molar-refractivity contribution >= 4 is 0 Å². The third-order valence-corrected chi connectivity index (χ3v) is 3.08. The summed E-state index contributed by atoms with van der Waals surface area (Å²) >= 11 is 0. The zero-order valence-corrected chi connectivity index (χ0v) is 12.2. The Labute approximate surface area is 116 Å². The van der Waals surface area contributed by atoms with E-state index in [4.69, 9.17) is 0 Å². The van der Waals surface area contributed by atoms with Gasteiger partial charge in [-0.3, -0.25) is 0 Å². The van der Waals surface area contributed by atoms with Gasteiger partial charge in [-0.2, -0.15) is 0 Å². The van der Waals surface area contributed by atoms with E-state index < -0.39 is 0 Å². The Hall–Kier alpha value is -0.780. The molecule has 0 aliphatic rings. The molecule has 0 heterocycles. The van der Waals surface area contributed by atoms with Gasteiger partial charge in [0.1, 0.15) is 0 Å². The number of rotatable bonds is 6. The highest BCUT2D eigenvalue weighted by Gasteiger charge is 1.97. The van der Waals surface area contributed by atoms with E-state index in [0.29, 0.717) is 0 Å². The fourth-order valence-corrected chi connectivity index (χ4v) is 1.90. The zero-order valence-electron chi connectivity index (χ0n) is 12.2. The smallest absolute Gasteiger partial charge is 0.0307 e. The van der Waals surface area contributed by atoms with Gasteiger partial charge < -0.3 is 0 Å². The van der Waals surface area contributed by atoms with Gasteiger partial charge in [0.05, 0.1) is 0 Å². The minimum Gasteiger partial charge on any atom is -0.0776 e. The maximum atomic E-state index is 2.36. The predicted octanol–water partition coefficient (Wildman–Crippen LogP) is 6.50. The molecule has 0 radical (unpaired) electrons. The molecule has 106 valence electrons. The Morgan fingerprint density at radius 2 is 1.50 bits per heavy atom. The first-order chi connectivity index (χ1) is 8.24. The van der Waals surface area contributed by atoms with Crippen molar-refractivity contribution in [2.24, 2.45) is 5.92 Å². The summed E-state index contributed by atoms with van der Waals surface area (Å²) < 4.78 is 0. The van der Waals surface area contributed by atoms with E-state index in [9.17, 15) is 0 Å². The molecule has 0 N–H and O–H groups in total. The zero-order chi connectivity index (χ0) is 12.9. The van der Waals surface area contributed by atoms with E-state index in [1.165, 1.54) is 37.7 Å². The second-order valence-electron chi connectivity index (χ2n) is 4.88. The molecule has 1 aromatic carbocycles. The summed E-state index contributed by atoms with van der Waals surface area (Å²) in [7, 11) is 0. The summed E-state index contributed by atoms with van der Waals surface area (Å²) in [6.07, 6.45) is 8.12. The average molecular weight is 250 g/mol. The molecule has 0 amide bonds. The number of aryl methyl sites for hydroxylation is 1. The van der Waals surface area contributed by atoms with Crippen LogP contribution in [-0.2, 0) is 6.42 Å². The molecule has 0 aliphatic carbocycles. The lowest BCUT2D eigenvalue weighted by Crippen LogP contribution is -1.92. The van der Waals surface area contributed by atoms with E-state index in [-0.39, 0.29) is 7.43 Å². The van der Waals surface area contributed by atoms with Crippen LogP contribution < -0.4 is 0 Å². The lowest BCUT2D eigenvalue weighted by Gasteiger charge is -2.07. The summed E-state index contributed by atoms with van der Waals surface area (Å²) in [5, 5.41) is 0. The normalized spacial score (nSPS) is 10.9. The van der Waals surface area contributed by atoms with Crippen molar-refractivity contribution in [1.82, 2.24) is 0 Å². The van der Waals surface area contributed by atoms with E-state index >= 15 is 0 Å². The van der Waals surface area contributed by atoms with E-state index in [0.717, 1.165) is 12.3 Å². The average Bonchev–Trinajstić information content (AvgIpc) is 2.38. The van der Waals surface area contributed by atoms with Gasteiger partial charge in [0, 0.05) is 0 Å². The Kier molecular flexibility index (Phi) is 15.5. The first-order valence-electron chi connectivity index (χ1n) is 7.28. The highest BCUT2D eigenvalue weighted by Crippen LogP contribution is 2.12. The third-order valence-electron chi connectivity index (χ3n) is 3.08. The van der Waals surface area contributed by atoms with Crippen molar-refractivity contribution in [1.29, 1.82) is 0 Å². The highest BCUT2D eigenvalue weighted by molar-refractivity contribution is 5.13. The second-order valence-corrected chi connectivity index (χ2v) is 4.88. The van der Waals surface area contributed by atoms with Gasteiger partial charge in [0.25, 0.3) is 0 Å². The van der Waals surface area contributed by atoms with Crippen molar-refractivity contribution in [2.45, 2.75) is 73.6 Å². The van der Waals surface area contributed by atoms with Crippen molar-refractivity contribution < 1.29 is 0 Å². The fraction of sp³-hybridized carbons (Fsp3) is 0.667. The van der Waals surface area contributed by atoms with E-state index in [1.54, 1.807) is 0 Å². The number of hydrogen-bond acceptors (Lipinski definition) is 0. The summed E-state index contributed by atoms with van der Waals surface area (Å²) in [6, 6.07) is 10.5. The van der Waals surface area contributed by atoms with Crippen molar-refractivity contribution in [3.8, 4) is 0 Å². The topological polar surface area (TPSA) is 0 Å². The maximum absolute atomic E-state index is 2.36. The van der Waals surface area contributed by atoms with Gasteiger partial charge in [-0.05, 0) is 17.9 Å². The second kappa shape index (κ2) is 14.3. The lowest BCUT2D eigenvalue weighted by atomic mass is 10.00. The molecule has 0 aliphatic heterocycles. The van der Waals surface area contributed by atoms with Gasteiger partial charge in [0.15, 0.2) is 0 Å². The quantitative estimate of drug-likeness (QED) is 0.540. The van der Waals surface area contributed by atoms with Crippen LogP contribution in [0.2, 0.25) is 0 Å². The summed E-state index contributed by atoms with van der Waals surface area (Å²) in [5.74, 6) is 0.968. The molecule has 0 aromatic heterocycles. The van der Waals surface area contributed by atoms with Crippen LogP contribution in [0.1, 0.15) is 72.8 Å². The first kappa shape index (κ1) is 19.6. The van der Waals surface area contributed by atoms with Crippen LogP contribution in [-0.4, -0.2) is 0 Å². The molecule has 0 spiro atoms. The van der Waals surface area contributed by atoms with Crippen molar-refractivity contribution in [3.05, 3.63) is 35.9 Å². The van der Waals surface area contributed by atoms with Gasteiger partial charge >= 0.3 is 0 Å². The van der Waals surface area contributed by atoms with Crippen molar-refractivity contribution in [2.75, 3.05) is 0 Å². The third kappa shape index (κ3) is 11.7. The monoisotopic (exact) mass is 250 g/mol. The SMILES string of the molecule is C.CCCCC(C)CCC.CCc1ccccc1. The molecule has 0 saturated heterocycles. The Bertz CT molecular complexity index is 237. The predicted molar refractivity (Wildman–Crippen MR) is 86.1 cm³/mol. The van der Waals surface area contributed by atoms with Gasteiger partial charge in [-0.1, -0.05) is 97.6 Å². The van der Waals surface area contributed by atoms with E-state index in [2.05, 4.69) is 52.0 Å². The lowest BCUT2D eigenvalue weighted by molar-refractivity contribution is 0.466. The Morgan fingerprint density at radius 3 is 1.89 bits per heavy atom. The van der Waals surface area contributed by atoms with Crippen LogP contribution in [0.4, 0.5) is 0 Å². The molecule has 0 saturated carbocycles. The summed E-state index contributed by atoms with van der Waals surface area (Å²) in [5.41, 5.74) is 1.41. The highest BCUT2D eigenvalue weighted by atomic mass is 14.0. The molecular weight excluding hydrogens is 216 g/mol. The van der Waals surface area contributed by atoms with Crippen LogP contribution in [0.15, 0.2) is 30.3 Å². The minimum absolute atomic E-state index is 0. The summed E-state index contributed by atoms with van der Waals surface area (Å²) in [6.45, 7) is 9.05. The molecule has 1 unspecified atom stereocenters. The van der Waals surface area contributed by atoms with Crippen LogP contribution in [0.3, 0.4) is 0 Å². The molecule has 0 fully saturated rings. The number of benzene rings is 1. The Balaban J connectivity index is 0. The molecule has 1 atom stereocenters. The van der Waals surface area contributed by atoms with Gasteiger partial charge in [0.2, 0.25) is 0 Å². The van der Waals surface area contributed by atoms with Crippen molar-refractivity contribution in [3.63, 3.8) is 0 Å². The number of hydrogen-bond donors (Lipinski definition) is 0. The molecule has 0 nitrogen and oxygen atoms in total. The molecular formula is C18H34. The van der Waals surface area contributed by atoms with Gasteiger partial charge in [-0.25, -0.2) is 0 Å². The van der Waals surface area contributed by atoms with Crippen LogP contribution in [0, 0.1) is 5.92 Å². The van der Waals surface area contributed by atoms with Gasteiger partial charge in [-0.15, -0.1) is 0 Å². The Morgan fingerprint density at radius 1 is 0.889 bits per heavy atom. The molecule has 0 bridgehead atoms. The van der Waals surface area contributed by atoms with E-state index in [1.807, 2.05) is 6.07 Å². The van der Waals surface area contributed by atoms with Crippen LogP contribution in [0.25, 0.3) is 0 Å². The minimum atomic E-state index is 0. The molecule has 0 heteroatoms.